The Bertz CT molecular complexity index is 1300. The number of fused-ring (bicyclic) bond motifs is 1. The lowest BCUT2D eigenvalue weighted by Gasteiger charge is -2.41. The molecule has 2 aliphatic rings. The van der Waals surface area contributed by atoms with E-state index in [1.54, 1.807) is 29.7 Å². The summed E-state index contributed by atoms with van der Waals surface area (Å²) in [4.78, 5) is 23.8. The van der Waals surface area contributed by atoms with Gasteiger partial charge in [-0.2, -0.15) is 0 Å². The lowest BCUT2D eigenvalue weighted by molar-refractivity contribution is 0.0996. The molecule has 6 nitrogen and oxygen atoms in total. The summed E-state index contributed by atoms with van der Waals surface area (Å²) in [6, 6.07) is 18.4. The first-order valence-electron chi connectivity index (χ1n) is 12.7. The van der Waals surface area contributed by atoms with E-state index in [1.165, 1.54) is 40.1 Å². The Balaban J connectivity index is 1.36. The summed E-state index contributed by atoms with van der Waals surface area (Å²) in [6.45, 7) is 3.81. The molecule has 1 fully saturated rings. The molecule has 0 bridgehead atoms. The number of para-hydroxylation sites is 1. The van der Waals surface area contributed by atoms with Crippen molar-refractivity contribution in [3.05, 3.63) is 101 Å². The summed E-state index contributed by atoms with van der Waals surface area (Å²) < 4.78 is 5.39. The van der Waals surface area contributed by atoms with Crippen molar-refractivity contribution in [1.29, 1.82) is 0 Å². The molecular formula is C29H30N4O2S. The van der Waals surface area contributed by atoms with E-state index >= 15 is 0 Å². The number of rotatable bonds is 6. The van der Waals surface area contributed by atoms with Gasteiger partial charge >= 0.3 is 0 Å². The van der Waals surface area contributed by atoms with Crippen LogP contribution in [-0.4, -0.2) is 42.0 Å². The second-order valence-electron chi connectivity index (χ2n) is 9.43. The summed E-state index contributed by atoms with van der Waals surface area (Å²) in [5, 5.41) is 4.18. The number of piperazine rings is 1. The van der Waals surface area contributed by atoms with Gasteiger partial charge in [0.2, 0.25) is 0 Å². The molecule has 6 rings (SSSR count). The van der Waals surface area contributed by atoms with Gasteiger partial charge in [-0.3, -0.25) is 14.7 Å². The van der Waals surface area contributed by atoms with E-state index in [1.807, 2.05) is 12.4 Å². The van der Waals surface area contributed by atoms with Crippen LogP contribution in [0.25, 0.3) is 0 Å². The lowest BCUT2D eigenvalue weighted by atomic mass is 9.88. The lowest BCUT2D eigenvalue weighted by Crippen LogP contribution is -2.48. The van der Waals surface area contributed by atoms with Gasteiger partial charge in [0.05, 0.1) is 12.3 Å². The van der Waals surface area contributed by atoms with Crippen molar-refractivity contribution in [2.75, 3.05) is 36.4 Å². The third-order valence-corrected chi connectivity index (χ3v) is 8.50. The monoisotopic (exact) mass is 498 g/mol. The average Bonchev–Trinajstić information content (AvgIpc) is 3.60. The zero-order valence-corrected chi connectivity index (χ0v) is 21.0. The second kappa shape index (κ2) is 10.3. The topological polar surface area (TPSA) is 61.6 Å². The Hall–Kier alpha value is -3.42. The largest absolute Gasteiger partial charge is 0.459 e. The molecule has 0 radical (unpaired) electrons. The predicted molar refractivity (Wildman–Crippen MR) is 144 cm³/mol. The van der Waals surface area contributed by atoms with Crippen molar-refractivity contribution in [3.8, 4) is 0 Å². The van der Waals surface area contributed by atoms with Gasteiger partial charge in [0, 0.05) is 54.7 Å². The number of carbonyl (C=O) groups is 1. The number of furan rings is 1. The number of hydrogen-bond acceptors (Lipinski definition) is 6. The van der Waals surface area contributed by atoms with Crippen LogP contribution in [0.1, 0.15) is 51.0 Å². The molecule has 4 heterocycles. The van der Waals surface area contributed by atoms with Crippen molar-refractivity contribution in [1.82, 2.24) is 9.88 Å². The van der Waals surface area contributed by atoms with Crippen LogP contribution in [-0.2, 0) is 12.8 Å². The summed E-state index contributed by atoms with van der Waals surface area (Å²) >= 11 is 1.75. The SMILES string of the molecule is O=C(Nc1sc2c(c1C(c1ccncc1)N1CCN(c3ccccc3)CC1)CCCC2)c1ccco1. The Morgan fingerprint density at radius 1 is 0.944 bits per heavy atom. The van der Waals surface area contributed by atoms with Gasteiger partial charge in [-0.25, -0.2) is 0 Å². The fourth-order valence-electron chi connectivity index (χ4n) is 5.53. The fraction of sp³-hybridized carbons (Fsp3) is 0.310. The number of thiophene rings is 1. The second-order valence-corrected chi connectivity index (χ2v) is 10.5. The molecule has 0 saturated carbocycles. The van der Waals surface area contributed by atoms with Crippen LogP contribution in [0, 0.1) is 0 Å². The highest BCUT2D eigenvalue weighted by Gasteiger charge is 2.34. The summed E-state index contributed by atoms with van der Waals surface area (Å²) in [6.07, 6.45) is 9.82. The third-order valence-electron chi connectivity index (χ3n) is 7.28. The van der Waals surface area contributed by atoms with Gasteiger partial charge in [0.1, 0.15) is 5.00 Å². The molecule has 7 heteroatoms. The number of aryl methyl sites for hydroxylation is 1. The Labute approximate surface area is 215 Å². The molecule has 1 atom stereocenters. The molecule has 1 amide bonds. The number of aromatic nitrogens is 1. The smallest absolute Gasteiger partial charge is 0.291 e. The minimum absolute atomic E-state index is 0.0657. The van der Waals surface area contributed by atoms with Crippen LogP contribution < -0.4 is 10.2 Å². The Morgan fingerprint density at radius 3 is 2.47 bits per heavy atom. The number of amides is 1. The van der Waals surface area contributed by atoms with Crippen molar-refractivity contribution in [2.24, 2.45) is 0 Å². The van der Waals surface area contributed by atoms with E-state index in [0.717, 1.165) is 44.0 Å². The van der Waals surface area contributed by atoms with E-state index in [-0.39, 0.29) is 11.9 Å². The normalized spacial score (nSPS) is 16.9. The number of anilines is 2. The van der Waals surface area contributed by atoms with E-state index < -0.39 is 0 Å². The first-order valence-corrected chi connectivity index (χ1v) is 13.5. The van der Waals surface area contributed by atoms with Crippen LogP contribution in [0.4, 0.5) is 10.7 Å². The van der Waals surface area contributed by atoms with Gasteiger partial charge in [0.15, 0.2) is 5.76 Å². The maximum Gasteiger partial charge on any atom is 0.291 e. The summed E-state index contributed by atoms with van der Waals surface area (Å²) in [7, 11) is 0. The Morgan fingerprint density at radius 2 is 1.72 bits per heavy atom. The highest BCUT2D eigenvalue weighted by Crippen LogP contribution is 2.45. The Kier molecular flexibility index (Phi) is 6.57. The first kappa shape index (κ1) is 23.0. The van der Waals surface area contributed by atoms with Gasteiger partial charge in [-0.1, -0.05) is 18.2 Å². The number of benzene rings is 1. The minimum Gasteiger partial charge on any atom is -0.459 e. The highest BCUT2D eigenvalue weighted by atomic mass is 32.1. The van der Waals surface area contributed by atoms with Crippen LogP contribution in [0.5, 0.6) is 0 Å². The molecule has 1 saturated heterocycles. The molecule has 1 aliphatic heterocycles. The van der Waals surface area contributed by atoms with E-state index in [4.69, 9.17) is 4.42 Å². The molecule has 184 valence electrons. The molecule has 3 aromatic heterocycles. The van der Waals surface area contributed by atoms with E-state index in [2.05, 4.69) is 62.6 Å². The fourth-order valence-corrected chi connectivity index (χ4v) is 6.84. The maximum absolute atomic E-state index is 13.0. The van der Waals surface area contributed by atoms with Crippen molar-refractivity contribution >= 4 is 27.9 Å². The average molecular weight is 499 g/mol. The van der Waals surface area contributed by atoms with Crippen molar-refractivity contribution in [3.63, 3.8) is 0 Å². The number of carbonyl (C=O) groups excluding carboxylic acids is 1. The minimum atomic E-state index is -0.192. The molecular weight excluding hydrogens is 468 g/mol. The zero-order chi connectivity index (χ0) is 24.3. The van der Waals surface area contributed by atoms with Crippen LogP contribution in [0.2, 0.25) is 0 Å². The molecule has 1 unspecified atom stereocenters. The zero-order valence-electron chi connectivity index (χ0n) is 20.2. The third kappa shape index (κ3) is 4.56. The predicted octanol–water partition coefficient (Wildman–Crippen LogP) is 5.78. The van der Waals surface area contributed by atoms with Crippen LogP contribution >= 0.6 is 11.3 Å². The molecule has 4 aromatic rings. The number of nitrogens with zero attached hydrogens (tertiary/aromatic N) is 3. The van der Waals surface area contributed by atoms with Gasteiger partial charge in [-0.15, -0.1) is 11.3 Å². The van der Waals surface area contributed by atoms with Gasteiger partial charge in [0.25, 0.3) is 5.91 Å². The molecule has 1 aliphatic carbocycles. The van der Waals surface area contributed by atoms with E-state index in [0.29, 0.717) is 5.76 Å². The molecule has 36 heavy (non-hydrogen) atoms. The summed E-state index contributed by atoms with van der Waals surface area (Å²) in [5.74, 6) is 0.145. The van der Waals surface area contributed by atoms with Gasteiger partial charge < -0.3 is 14.6 Å². The quantitative estimate of drug-likeness (QED) is 0.365. The van der Waals surface area contributed by atoms with Crippen LogP contribution in [0.3, 0.4) is 0 Å². The van der Waals surface area contributed by atoms with Crippen LogP contribution in [0.15, 0.2) is 77.7 Å². The number of nitrogens with one attached hydrogen (secondary N) is 1. The van der Waals surface area contributed by atoms with E-state index in [9.17, 15) is 4.79 Å². The standard InChI is InChI=1S/C29H30N4O2S/c34-28(24-10-6-20-35-24)31-29-26(23-9-4-5-11-25(23)36-29)27(21-12-14-30-15-13-21)33-18-16-32(17-19-33)22-7-2-1-3-8-22/h1-3,6-8,10,12-15,20,27H,4-5,9,11,16-19H2,(H,31,34). The van der Waals surface area contributed by atoms with Crippen molar-refractivity contribution < 1.29 is 9.21 Å². The molecule has 1 aromatic carbocycles. The summed E-state index contributed by atoms with van der Waals surface area (Å²) in [5.41, 5.74) is 5.18. The highest BCUT2D eigenvalue weighted by molar-refractivity contribution is 7.16. The molecule has 1 N–H and O–H groups in total. The first-order chi connectivity index (χ1) is 17.8. The number of pyridine rings is 1. The molecule has 0 spiro atoms. The maximum atomic E-state index is 13.0. The number of hydrogen-bond donors (Lipinski definition) is 1. The van der Waals surface area contributed by atoms with Crippen molar-refractivity contribution in [2.45, 2.75) is 31.7 Å². The van der Waals surface area contributed by atoms with Gasteiger partial charge in [-0.05, 0) is 73.2 Å².